The molecule has 68 valence electrons. The predicted octanol–water partition coefficient (Wildman–Crippen LogP) is -0.743. The number of amides is 2. The van der Waals surface area contributed by atoms with E-state index in [1.54, 1.807) is 0 Å². The first-order chi connectivity index (χ1) is 6.20. The lowest BCUT2D eigenvalue weighted by Crippen LogP contribution is -2.40. The van der Waals surface area contributed by atoms with Gasteiger partial charge in [-0.05, 0) is 6.07 Å². The highest BCUT2D eigenvalue weighted by Crippen LogP contribution is 1.91. The Morgan fingerprint density at radius 3 is 2.62 bits per heavy atom. The van der Waals surface area contributed by atoms with E-state index < -0.39 is 5.91 Å². The molecular weight excluding hydrogens is 172 g/mol. The molecule has 2 N–H and O–H groups in total. The van der Waals surface area contributed by atoms with Crippen LogP contribution in [0.15, 0.2) is 18.5 Å². The second kappa shape index (κ2) is 4.15. The quantitative estimate of drug-likeness (QED) is 0.557. The van der Waals surface area contributed by atoms with Crippen LogP contribution in [0.5, 0.6) is 0 Å². The summed E-state index contributed by atoms with van der Waals surface area (Å²) < 4.78 is 0. The first kappa shape index (κ1) is 9.11. The fourth-order valence-electron chi connectivity index (χ4n) is 0.642. The highest BCUT2D eigenvalue weighted by atomic mass is 16.2. The molecule has 0 spiro atoms. The third kappa shape index (κ3) is 2.86. The molecule has 2 amide bonds. The lowest BCUT2D eigenvalue weighted by molar-refractivity contribution is -0.119. The molecule has 0 aliphatic carbocycles. The van der Waals surface area contributed by atoms with E-state index in [1.165, 1.54) is 25.4 Å². The van der Waals surface area contributed by atoms with E-state index >= 15 is 0 Å². The van der Waals surface area contributed by atoms with Gasteiger partial charge in [-0.25, -0.2) is 0 Å². The fourth-order valence-corrected chi connectivity index (χ4v) is 0.642. The molecule has 0 aromatic carbocycles. The first-order valence-corrected chi connectivity index (χ1v) is 3.54. The zero-order valence-corrected chi connectivity index (χ0v) is 6.94. The third-order valence-electron chi connectivity index (χ3n) is 1.20. The monoisotopic (exact) mass is 180 g/mol. The molecule has 1 heterocycles. The summed E-state index contributed by atoms with van der Waals surface area (Å²) in [5.41, 5.74) is 4.69. The summed E-state index contributed by atoms with van der Waals surface area (Å²) in [5.74, 6) is -0.763. The number of hydrazine groups is 1. The highest BCUT2D eigenvalue weighted by molar-refractivity contribution is 5.94. The number of carbonyl (C=O) groups excluding carboxylic acids is 2. The van der Waals surface area contributed by atoms with Gasteiger partial charge in [0.1, 0.15) is 0 Å². The third-order valence-corrected chi connectivity index (χ3v) is 1.20. The number of nitrogens with one attached hydrogen (secondary N) is 2. The van der Waals surface area contributed by atoms with Crippen molar-refractivity contribution in [1.82, 2.24) is 21.0 Å². The van der Waals surface area contributed by atoms with Crippen LogP contribution < -0.4 is 10.9 Å². The van der Waals surface area contributed by atoms with Gasteiger partial charge in [0.2, 0.25) is 5.91 Å². The minimum atomic E-state index is -0.426. The van der Waals surface area contributed by atoms with Gasteiger partial charge in [0, 0.05) is 6.92 Å². The van der Waals surface area contributed by atoms with Gasteiger partial charge in [-0.3, -0.25) is 20.4 Å². The molecule has 1 aromatic rings. The Morgan fingerprint density at radius 1 is 1.31 bits per heavy atom. The van der Waals surface area contributed by atoms with E-state index in [1.807, 2.05) is 0 Å². The Hall–Kier alpha value is -1.98. The van der Waals surface area contributed by atoms with Crippen molar-refractivity contribution in [1.29, 1.82) is 0 Å². The number of rotatable bonds is 1. The number of aromatic nitrogens is 2. The molecule has 0 saturated heterocycles. The van der Waals surface area contributed by atoms with Gasteiger partial charge < -0.3 is 0 Å². The van der Waals surface area contributed by atoms with Crippen molar-refractivity contribution < 1.29 is 9.59 Å². The SMILES string of the molecule is CC(=O)NNC(=O)c1ccnnc1. The zero-order chi connectivity index (χ0) is 9.68. The molecular formula is C7H8N4O2. The maximum Gasteiger partial charge on any atom is 0.271 e. The van der Waals surface area contributed by atoms with Crippen molar-refractivity contribution in [2.75, 3.05) is 0 Å². The molecule has 1 rings (SSSR count). The van der Waals surface area contributed by atoms with Crippen LogP contribution in [0.25, 0.3) is 0 Å². The van der Waals surface area contributed by atoms with Crippen LogP contribution in [0.4, 0.5) is 0 Å². The number of hydrogen-bond acceptors (Lipinski definition) is 4. The van der Waals surface area contributed by atoms with Crippen LogP contribution in [0.2, 0.25) is 0 Å². The van der Waals surface area contributed by atoms with Crippen LogP contribution in [-0.2, 0) is 4.79 Å². The van der Waals surface area contributed by atoms with Crippen molar-refractivity contribution >= 4 is 11.8 Å². The van der Waals surface area contributed by atoms with Crippen LogP contribution >= 0.6 is 0 Å². The smallest absolute Gasteiger partial charge is 0.271 e. The van der Waals surface area contributed by atoms with E-state index in [2.05, 4.69) is 21.0 Å². The number of nitrogens with zero attached hydrogens (tertiary/aromatic N) is 2. The molecule has 0 saturated carbocycles. The summed E-state index contributed by atoms with van der Waals surface area (Å²) in [7, 11) is 0. The maximum absolute atomic E-state index is 11.2. The predicted molar refractivity (Wildman–Crippen MR) is 43.3 cm³/mol. The first-order valence-electron chi connectivity index (χ1n) is 3.54. The van der Waals surface area contributed by atoms with Crippen molar-refractivity contribution in [3.8, 4) is 0 Å². The average molecular weight is 180 g/mol. The van der Waals surface area contributed by atoms with E-state index in [0.29, 0.717) is 5.56 Å². The van der Waals surface area contributed by atoms with Gasteiger partial charge in [0.15, 0.2) is 0 Å². The normalized spacial score (nSPS) is 9.00. The molecule has 13 heavy (non-hydrogen) atoms. The van der Waals surface area contributed by atoms with Gasteiger partial charge in [-0.2, -0.15) is 10.2 Å². The van der Waals surface area contributed by atoms with Crippen molar-refractivity contribution in [3.05, 3.63) is 24.0 Å². The lowest BCUT2D eigenvalue weighted by Gasteiger charge is -2.03. The molecule has 0 aliphatic rings. The Bertz CT molecular complexity index is 312. The Morgan fingerprint density at radius 2 is 2.08 bits per heavy atom. The van der Waals surface area contributed by atoms with Gasteiger partial charge in [-0.15, -0.1) is 0 Å². The van der Waals surface area contributed by atoms with Crippen molar-refractivity contribution in [2.24, 2.45) is 0 Å². The van der Waals surface area contributed by atoms with Crippen molar-refractivity contribution in [2.45, 2.75) is 6.92 Å². The van der Waals surface area contributed by atoms with Gasteiger partial charge in [-0.1, -0.05) is 0 Å². The summed E-state index contributed by atoms with van der Waals surface area (Å²) in [5, 5.41) is 7.01. The minimum absolute atomic E-state index is 0.337. The largest absolute Gasteiger partial charge is 0.274 e. The Balaban J connectivity index is 2.54. The minimum Gasteiger partial charge on any atom is -0.274 e. The van der Waals surface area contributed by atoms with Crippen LogP contribution in [0.1, 0.15) is 17.3 Å². The topological polar surface area (TPSA) is 84.0 Å². The standard InChI is InChI=1S/C7H8N4O2/c1-5(12)10-11-7(13)6-2-3-8-9-4-6/h2-4H,1H3,(H,10,12)(H,11,13). The molecule has 0 radical (unpaired) electrons. The summed E-state index contributed by atoms with van der Waals surface area (Å²) in [6.45, 7) is 1.30. The zero-order valence-electron chi connectivity index (χ0n) is 6.94. The molecule has 6 heteroatoms. The molecule has 0 aliphatic heterocycles. The second-order valence-electron chi connectivity index (χ2n) is 2.27. The van der Waals surface area contributed by atoms with E-state index in [-0.39, 0.29) is 5.91 Å². The van der Waals surface area contributed by atoms with Crippen LogP contribution in [0.3, 0.4) is 0 Å². The second-order valence-corrected chi connectivity index (χ2v) is 2.27. The van der Waals surface area contributed by atoms with E-state index in [0.717, 1.165) is 0 Å². The summed E-state index contributed by atoms with van der Waals surface area (Å²) >= 11 is 0. The summed E-state index contributed by atoms with van der Waals surface area (Å²) in [6, 6.07) is 1.49. The number of hydrogen-bond donors (Lipinski definition) is 2. The molecule has 0 unspecified atom stereocenters. The van der Waals surface area contributed by atoms with Gasteiger partial charge in [0.05, 0.1) is 18.0 Å². The average Bonchev–Trinajstić information content (AvgIpc) is 2.15. The lowest BCUT2D eigenvalue weighted by atomic mass is 10.3. The van der Waals surface area contributed by atoms with E-state index in [4.69, 9.17) is 0 Å². The summed E-state index contributed by atoms with van der Waals surface area (Å²) in [4.78, 5) is 21.6. The highest BCUT2D eigenvalue weighted by Gasteiger charge is 2.04. The van der Waals surface area contributed by atoms with Crippen LogP contribution in [-0.4, -0.2) is 22.0 Å². The Labute approximate surface area is 74.3 Å². The van der Waals surface area contributed by atoms with Gasteiger partial charge in [0.25, 0.3) is 5.91 Å². The fraction of sp³-hybridized carbons (Fsp3) is 0.143. The van der Waals surface area contributed by atoms with E-state index in [9.17, 15) is 9.59 Å². The molecule has 0 atom stereocenters. The maximum atomic E-state index is 11.2. The van der Waals surface area contributed by atoms with Crippen molar-refractivity contribution in [3.63, 3.8) is 0 Å². The Kier molecular flexibility index (Phi) is 2.91. The van der Waals surface area contributed by atoms with Gasteiger partial charge >= 0.3 is 0 Å². The molecule has 0 bridgehead atoms. The molecule has 1 aromatic heterocycles. The van der Waals surface area contributed by atoms with Crippen LogP contribution in [0, 0.1) is 0 Å². The molecule has 0 fully saturated rings. The summed E-state index contributed by atoms with van der Waals surface area (Å²) in [6.07, 6.45) is 2.69. The molecule has 6 nitrogen and oxygen atoms in total. The number of carbonyl (C=O) groups is 2.